The Hall–Kier alpha value is -1.26. The molecule has 0 radical (unpaired) electrons. The van der Waals surface area contributed by atoms with E-state index in [0.717, 1.165) is 25.7 Å². The lowest BCUT2D eigenvalue weighted by Crippen LogP contribution is -2.48. The van der Waals surface area contributed by atoms with E-state index in [0.29, 0.717) is 13.0 Å². The van der Waals surface area contributed by atoms with Gasteiger partial charge in [0.05, 0.1) is 0 Å². The highest BCUT2D eigenvalue weighted by molar-refractivity contribution is 5.85. The summed E-state index contributed by atoms with van der Waals surface area (Å²) in [6.45, 7) is 4.98. The van der Waals surface area contributed by atoms with Gasteiger partial charge < -0.3 is 16.4 Å². The van der Waals surface area contributed by atoms with Gasteiger partial charge in [-0.1, -0.05) is 123 Å². The van der Waals surface area contributed by atoms with Gasteiger partial charge in [0.2, 0.25) is 5.91 Å². The number of nitrogens with one attached hydrogen (secondary N) is 2. The highest BCUT2D eigenvalue weighted by atomic mass is 16.2. The first-order valence-electron chi connectivity index (χ1n) is 13.0. The lowest BCUT2D eigenvalue weighted by Gasteiger charge is -2.15. The van der Waals surface area contributed by atoms with Crippen molar-refractivity contribution in [2.75, 3.05) is 6.54 Å². The monoisotopic (exact) mass is 425 g/mol. The van der Waals surface area contributed by atoms with Crippen molar-refractivity contribution in [2.45, 2.75) is 142 Å². The van der Waals surface area contributed by atoms with Crippen molar-refractivity contribution in [3.8, 4) is 0 Å². The fraction of sp³-hybridized carbons (Fsp3) is 0.920. The lowest BCUT2D eigenvalue weighted by atomic mass is 10.0. The van der Waals surface area contributed by atoms with E-state index in [2.05, 4.69) is 24.5 Å². The Bertz CT molecular complexity index is 402. The first-order valence-corrected chi connectivity index (χ1v) is 13.0. The fourth-order valence-electron chi connectivity index (χ4n) is 3.78. The standard InChI is InChI=1S/C25H51N3O2/c1-3-5-7-8-9-10-11-12-13-14-15-16-17-18-19-20-22-27-25(30)28-23(24(26)29)21-6-4-2/h23H,3-22H2,1-2H3,(H2,26,29)(H2,27,28,30). The smallest absolute Gasteiger partial charge is 0.315 e. The zero-order chi connectivity index (χ0) is 22.3. The summed E-state index contributed by atoms with van der Waals surface area (Å²) in [5.41, 5.74) is 5.34. The van der Waals surface area contributed by atoms with Crippen LogP contribution in [0.4, 0.5) is 4.79 Å². The van der Waals surface area contributed by atoms with Gasteiger partial charge >= 0.3 is 6.03 Å². The van der Waals surface area contributed by atoms with Crippen LogP contribution in [0.3, 0.4) is 0 Å². The largest absolute Gasteiger partial charge is 0.368 e. The summed E-state index contributed by atoms with van der Waals surface area (Å²) >= 11 is 0. The molecule has 5 heteroatoms. The zero-order valence-electron chi connectivity index (χ0n) is 20.1. The maximum Gasteiger partial charge on any atom is 0.315 e. The Kier molecular flexibility index (Phi) is 21.5. The van der Waals surface area contributed by atoms with Crippen LogP contribution in [0.5, 0.6) is 0 Å². The number of unbranched alkanes of at least 4 members (excludes halogenated alkanes) is 16. The van der Waals surface area contributed by atoms with Crippen molar-refractivity contribution >= 4 is 11.9 Å². The normalized spacial score (nSPS) is 11.9. The molecular formula is C25H51N3O2. The molecule has 4 N–H and O–H groups in total. The Morgan fingerprint density at radius 3 is 1.43 bits per heavy atom. The lowest BCUT2D eigenvalue weighted by molar-refractivity contribution is -0.119. The van der Waals surface area contributed by atoms with Gasteiger partial charge in [0, 0.05) is 6.54 Å². The van der Waals surface area contributed by atoms with Crippen molar-refractivity contribution < 1.29 is 9.59 Å². The highest BCUT2D eigenvalue weighted by Crippen LogP contribution is 2.13. The van der Waals surface area contributed by atoms with Gasteiger partial charge in [-0.3, -0.25) is 4.79 Å². The molecule has 0 heterocycles. The summed E-state index contributed by atoms with van der Waals surface area (Å²) in [6.07, 6.45) is 23.9. The molecule has 0 bridgehead atoms. The summed E-state index contributed by atoms with van der Waals surface area (Å²) in [6, 6.07) is -0.841. The van der Waals surface area contributed by atoms with Crippen LogP contribution in [-0.2, 0) is 4.79 Å². The Balaban J connectivity index is 3.34. The average Bonchev–Trinajstić information content (AvgIpc) is 2.73. The van der Waals surface area contributed by atoms with Crippen LogP contribution in [0.15, 0.2) is 0 Å². The van der Waals surface area contributed by atoms with Gasteiger partial charge in [-0.05, 0) is 12.8 Å². The van der Waals surface area contributed by atoms with E-state index in [1.54, 1.807) is 0 Å². The number of rotatable bonds is 22. The van der Waals surface area contributed by atoms with Crippen molar-refractivity contribution in [1.29, 1.82) is 0 Å². The van der Waals surface area contributed by atoms with Crippen LogP contribution >= 0.6 is 0 Å². The van der Waals surface area contributed by atoms with Crippen molar-refractivity contribution in [3.63, 3.8) is 0 Å². The third kappa shape index (κ3) is 20.0. The van der Waals surface area contributed by atoms with Gasteiger partial charge in [-0.2, -0.15) is 0 Å². The summed E-state index contributed by atoms with van der Waals surface area (Å²) in [5, 5.41) is 5.52. The first-order chi connectivity index (χ1) is 14.6. The second-order valence-electron chi connectivity index (χ2n) is 8.80. The maximum atomic E-state index is 11.9. The minimum atomic E-state index is -0.559. The van der Waals surface area contributed by atoms with Crippen molar-refractivity contribution in [1.82, 2.24) is 10.6 Å². The van der Waals surface area contributed by atoms with Crippen LogP contribution < -0.4 is 16.4 Å². The third-order valence-corrected chi connectivity index (χ3v) is 5.81. The Labute approximate surface area is 186 Å². The topological polar surface area (TPSA) is 84.2 Å². The SMILES string of the molecule is CCCCCCCCCCCCCCCCCCNC(=O)NC(CCCC)C(N)=O. The van der Waals surface area contributed by atoms with Crippen molar-refractivity contribution in [2.24, 2.45) is 5.73 Å². The molecule has 0 aliphatic heterocycles. The molecule has 0 aromatic rings. The zero-order valence-corrected chi connectivity index (χ0v) is 20.1. The molecule has 178 valence electrons. The average molecular weight is 426 g/mol. The van der Waals surface area contributed by atoms with E-state index in [1.807, 2.05) is 0 Å². The van der Waals surface area contributed by atoms with E-state index in [-0.39, 0.29) is 6.03 Å². The van der Waals surface area contributed by atoms with Gasteiger partial charge in [-0.15, -0.1) is 0 Å². The second-order valence-corrected chi connectivity index (χ2v) is 8.80. The predicted molar refractivity (Wildman–Crippen MR) is 129 cm³/mol. The first kappa shape index (κ1) is 28.7. The number of primary amides is 1. The molecule has 0 aromatic carbocycles. The molecule has 0 aromatic heterocycles. The molecule has 0 saturated heterocycles. The number of amides is 3. The maximum absolute atomic E-state index is 11.9. The molecule has 5 nitrogen and oxygen atoms in total. The molecular weight excluding hydrogens is 374 g/mol. The van der Waals surface area contributed by atoms with E-state index in [1.165, 1.54) is 89.9 Å². The van der Waals surface area contributed by atoms with E-state index in [9.17, 15) is 9.59 Å². The summed E-state index contributed by atoms with van der Waals surface area (Å²) in [5.74, 6) is -0.457. The molecule has 3 amide bonds. The number of carbonyl (C=O) groups is 2. The predicted octanol–water partition coefficient (Wildman–Crippen LogP) is 6.59. The molecule has 0 saturated carbocycles. The van der Waals surface area contributed by atoms with Crippen LogP contribution in [0.1, 0.15) is 136 Å². The van der Waals surface area contributed by atoms with E-state index in [4.69, 9.17) is 5.73 Å². The second kappa shape index (κ2) is 22.4. The van der Waals surface area contributed by atoms with Crippen LogP contribution in [-0.4, -0.2) is 24.5 Å². The molecule has 30 heavy (non-hydrogen) atoms. The fourth-order valence-corrected chi connectivity index (χ4v) is 3.78. The van der Waals surface area contributed by atoms with Gasteiger partial charge in [-0.25, -0.2) is 4.79 Å². The molecule has 0 aliphatic rings. The minimum Gasteiger partial charge on any atom is -0.368 e. The number of hydrogen-bond acceptors (Lipinski definition) is 2. The summed E-state index contributed by atoms with van der Waals surface area (Å²) in [7, 11) is 0. The molecule has 0 rings (SSSR count). The Morgan fingerprint density at radius 2 is 1.03 bits per heavy atom. The van der Waals surface area contributed by atoms with Crippen LogP contribution in [0.2, 0.25) is 0 Å². The van der Waals surface area contributed by atoms with E-state index < -0.39 is 11.9 Å². The summed E-state index contributed by atoms with van der Waals surface area (Å²) < 4.78 is 0. The van der Waals surface area contributed by atoms with Crippen LogP contribution in [0, 0.1) is 0 Å². The van der Waals surface area contributed by atoms with Crippen LogP contribution in [0.25, 0.3) is 0 Å². The quantitative estimate of drug-likeness (QED) is 0.171. The molecule has 1 atom stereocenters. The van der Waals surface area contributed by atoms with Gasteiger partial charge in [0.15, 0.2) is 0 Å². The molecule has 0 fully saturated rings. The van der Waals surface area contributed by atoms with Gasteiger partial charge in [0.25, 0.3) is 0 Å². The molecule has 1 unspecified atom stereocenters. The number of carbonyl (C=O) groups excluding carboxylic acids is 2. The van der Waals surface area contributed by atoms with E-state index >= 15 is 0 Å². The van der Waals surface area contributed by atoms with Crippen molar-refractivity contribution in [3.05, 3.63) is 0 Å². The highest BCUT2D eigenvalue weighted by Gasteiger charge is 2.16. The summed E-state index contributed by atoms with van der Waals surface area (Å²) in [4.78, 5) is 23.2. The minimum absolute atomic E-state index is 0.282. The molecule has 0 spiro atoms. The number of hydrogen-bond donors (Lipinski definition) is 3. The van der Waals surface area contributed by atoms with Gasteiger partial charge in [0.1, 0.15) is 6.04 Å². The third-order valence-electron chi connectivity index (χ3n) is 5.81. The Morgan fingerprint density at radius 1 is 0.633 bits per heavy atom. The number of nitrogens with two attached hydrogens (primary N) is 1. The number of urea groups is 1. The molecule has 0 aliphatic carbocycles.